The van der Waals surface area contributed by atoms with Crippen LogP contribution < -0.4 is 4.74 Å². The Hall–Kier alpha value is -2.72. The van der Waals surface area contributed by atoms with Crippen LogP contribution >= 0.6 is 35.0 Å². The number of carboxylic acids is 1. The van der Waals surface area contributed by atoms with Crippen molar-refractivity contribution >= 4 is 46.7 Å². The van der Waals surface area contributed by atoms with Crippen molar-refractivity contribution in [2.45, 2.75) is 30.2 Å². The number of nitrogens with zero attached hydrogens (tertiary/aromatic N) is 1. The zero-order valence-corrected chi connectivity index (χ0v) is 24.6. The molecule has 0 aromatic heterocycles. The molecule has 0 bridgehead atoms. The van der Waals surface area contributed by atoms with Gasteiger partial charge in [-0.05, 0) is 60.1 Å². The molecule has 3 rings (SSSR count). The second-order valence-corrected chi connectivity index (χ2v) is 11.6. The zero-order chi connectivity index (χ0) is 30.0. The van der Waals surface area contributed by atoms with Gasteiger partial charge in [0.25, 0.3) is 0 Å². The van der Waals surface area contributed by atoms with Crippen molar-refractivity contribution < 1.29 is 32.6 Å². The maximum absolute atomic E-state index is 12.9. The number of carboxylic acid groups (broad SMARTS) is 1. The van der Waals surface area contributed by atoms with Gasteiger partial charge >= 0.3 is 12.1 Å². The number of alkyl halides is 3. The van der Waals surface area contributed by atoms with E-state index in [-0.39, 0.29) is 18.1 Å². The van der Waals surface area contributed by atoms with Gasteiger partial charge in [-0.2, -0.15) is 24.9 Å². The second-order valence-electron chi connectivity index (χ2n) is 9.46. The number of hydrogen-bond donors (Lipinski definition) is 1. The summed E-state index contributed by atoms with van der Waals surface area (Å²) in [5.74, 6) is -2.21. The molecule has 0 amide bonds. The molecule has 5 nitrogen and oxygen atoms in total. The predicted octanol–water partition coefficient (Wildman–Crippen LogP) is 7.91. The highest BCUT2D eigenvalue weighted by atomic mass is 35.5. The van der Waals surface area contributed by atoms with Gasteiger partial charge in [0.1, 0.15) is 12.4 Å². The highest BCUT2D eigenvalue weighted by molar-refractivity contribution is 7.99. The molecule has 3 aromatic carbocycles. The lowest BCUT2D eigenvalue weighted by Gasteiger charge is -2.25. The van der Waals surface area contributed by atoms with Gasteiger partial charge in [0.15, 0.2) is 0 Å². The Morgan fingerprint density at radius 1 is 0.902 bits per heavy atom. The van der Waals surface area contributed by atoms with Crippen LogP contribution in [-0.2, 0) is 9.59 Å². The third-order valence-corrected chi connectivity index (χ3v) is 8.14. The maximum Gasteiger partial charge on any atom is 0.450 e. The molecule has 0 aliphatic rings. The van der Waals surface area contributed by atoms with E-state index in [2.05, 4.69) is 4.90 Å². The van der Waals surface area contributed by atoms with Crippen molar-refractivity contribution in [3.05, 3.63) is 99.5 Å². The number of Topliss-reactive ketones (excluding diaryl/α,β-unsaturated/α-hetero) is 1. The third-order valence-electron chi connectivity index (χ3n) is 6.35. The first-order valence-electron chi connectivity index (χ1n) is 12.8. The molecular formula is C30H30Cl2F3NO4S. The number of ketones is 1. The molecule has 220 valence electrons. The molecule has 0 radical (unpaired) electrons. The Bertz CT molecular complexity index is 1230. The number of thioether (sulfide) groups is 1. The van der Waals surface area contributed by atoms with Gasteiger partial charge < -0.3 is 14.7 Å². The standard InChI is InChI=1S/C30H30Cl2F3NO4S/c1-36(19-26(20-2-8-23(31)9-3-20)21-4-10-24(32)11-5-21)15-16-40-25-12-6-22(7-13-25)27(41-17-14-29(38)39)18-28(37)30(33,34)35/h2-13,26-27H,14-19H2,1H3,(H,38,39). The molecule has 0 aliphatic carbocycles. The first-order valence-corrected chi connectivity index (χ1v) is 14.6. The number of carbonyl (C=O) groups is 2. The van der Waals surface area contributed by atoms with E-state index in [9.17, 15) is 22.8 Å². The SMILES string of the molecule is CN(CCOc1ccc(C(CC(=O)C(F)(F)F)SCCC(=O)O)cc1)CC(c1ccc(Cl)cc1)c1ccc(Cl)cc1. The van der Waals surface area contributed by atoms with E-state index < -0.39 is 29.6 Å². The van der Waals surface area contributed by atoms with Crippen LogP contribution in [0.3, 0.4) is 0 Å². The molecule has 1 unspecified atom stereocenters. The van der Waals surface area contributed by atoms with Crippen LogP contribution in [0.1, 0.15) is 40.7 Å². The van der Waals surface area contributed by atoms with E-state index in [1.165, 1.54) is 0 Å². The quantitative estimate of drug-likeness (QED) is 0.185. The lowest BCUT2D eigenvalue weighted by Crippen LogP contribution is -2.29. The number of rotatable bonds is 15. The summed E-state index contributed by atoms with van der Waals surface area (Å²) in [6.45, 7) is 1.67. The normalized spacial score (nSPS) is 12.5. The van der Waals surface area contributed by atoms with Crippen molar-refractivity contribution in [3.63, 3.8) is 0 Å². The highest BCUT2D eigenvalue weighted by Gasteiger charge is 2.39. The molecule has 0 saturated heterocycles. The molecular weight excluding hydrogens is 598 g/mol. The molecule has 41 heavy (non-hydrogen) atoms. The Kier molecular flexibility index (Phi) is 12.4. The van der Waals surface area contributed by atoms with Gasteiger partial charge in [0.05, 0.1) is 6.42 Å². The summed E-state index contributed by atoms with van der Waals surface area (Å²) in [6.07, 6.45) is -5.92. The Morgan fingerprint density at radius 3 is 1.90 bits per heavy atom. The van der Waals surface area contributed by atoms with Crippen molar-refractivity contribution in [1.29, 1.82) is 0 Å². The molecule has 0 heterocycles. The van der Waals surface area contributed by atoms with E-state index >= 15 is 0 Å². The molecule has 0 saturated carbocycles. The van der Waals surface area contributed by atoms with Crippen LogP contribution in [0.15, 0.2) is 72.8 Å². The number of benzene rings is 3. The highest BCUT2D eigenvalue weighted by Crippen LogP contribution is 2.36. The van der Waals surface area contributed by atoms with Crippen LogP contribution in [0.4, 0.5) is 13.2 Å². The monoisotopic (exact) mass is 627 g/mol. The first-order chi connectivity index (χ1) is 19.4. The fraction of sp³-hybridized carbons (Fsp3) is 0.333. The van der Waals surface area contributed by atoms with Gasteiger partial charge in [-0.15, -0.1) is 0 Å². The predicted molar refractivity (Wildman–Crippen MR) is 157 cm³/mol. The van der Waals surface area contributed by atoms with Crippen LogP contribution in [0.5, 0.6) is 5.75 Å². The fourth-order valence-corrected chi connectivity index (χ4v) is 5.59. The number of aliphatic carboxylic acids is 1. The minimum Gasteiger partial charge on any atom is -0.492 e. The minimum atomic E-state index is -4.94. The summed E-state index contributed by atoms with van der Waals surface area (Å²) in [7, 11) is 1.99. The average molecular weight is 629 g/mol. The summed E-state index contributed by atoms with van der Waals surface area (Å²) in [5, 5.41) is 9.36. The van der Waals surface area contributed by atoms with Crippen molar-refractivity contribution in [2.24, 2.45) is 0 Å². The van der Waals surface area contributed by atoms with Crippen LogP contribution in [0.2, 0.25) is 10.0 Å². The average Bonchev–Trinajstić information content (AvgIpc) is 2.92. The molecule has 1 atom stereocenters. The van der Waals surface area contributed by atoms with Crippen molar-refractivity contribution in [3.8, 4) is 5.75 Å². The Balaban J connectivity index is 1.60. The van der Waals surface area contributed by atoms with Gasteiger partial charge in [0.2, 0.25) is 5.78 Å². The van der Waals surface area contributed by atoms with E-state index in [0.717, 1.165) is 22.9 Å². The summed E-state index contributed by atoms with van der Waals surface area (Å²) < 4.78 is 44.5. The molecule has 3 aromatic rings. The van der Waals surface area contributed by atoms with E-state index in [4.69, 9.17) is 33.0 Å². The number of likely N-dealkylation sites (N-methyl/N-ethyl adjacent to an activating group) is 1. The van der Waals surface area contributed by atoms with Gasteiger partial charge in [-0.3, -0.25) is 9.59 Å². The molecule has 0 fully saturated rings. The zero-order valence-electron chi connectivity index (χ0n) is 22.2. The summed E-state index contributed by atoms with van der Waals surface area (Å²) in [4.78, 5) is 24.6. The van der Waals surface area contributed by atoms with Gasteiger partial charge in [-0.25, -0.2) is 0 Å². The Labute approximate surface area is 251 Å². The van der Waals surface area contributed by atoms with Gasteiger partial charge in [0, 0.05) is 46.5 Å². The summed E-state index contributed by atoms with van der Waals surface area (Å²) in [5.41, 5.74) is 2.72. The summed E-state index contributed by atoms with van der Waals surface area (Å²) in [6, 6.07) is 22.0. The molecule has 11 heteroatoms. The third kappa shape index (κ3) is 10.9. The van der Waals surface area contributed by atoms with E-state index in [0.29, 0.717) is 41.1 Å². The van der Waals surface area contributed by atoms with Gasteiger partial charge in [-0.1, -0.05) is 59.6 Å². The van der Waals surface area contributed by atoms with E-state index in [1.807, 2.05) is 55.6 Å². The van der Waals surface area contributed by atoms with Crippen molar-refractivity contribution in [1.82, 2.24) is 4.90 Å². The summed E-state index contributed by atoms with van der Waals surface area (Å²) >= 11 is 13.2. The molecule has 0 aliphatic heterocycles. The van der Waals surface area contributed by atoms with Crippen LogP contribution in [0, 0.1) is 0 Å². The first kappa shape index (κ1) is 32.8. The minimum absolute atomic E-state index is 0.0729. The van der Waals surface area contributed by atoms with Crippen LogP contribution in [-0.4, -0.2) is 60.4 Å². The van der Waals surface area contributed by atoms with Crippen molar-refractivity contribution in [2.75, 3.05) is 32.5 Å². The maximum atomic E-state index is 12.9. The molecule has 1 N–H and O–H groups in total. The number of ether oxygens (including phenoxy) is 1. The van der Waals surface area contributed by atoms with Crippen LogP contribution in [0.25, 0.3) is 0 Å². The number of hydrogen-bond acceptors (Lipinski definition) is 5. The molecule has 0 spiro atoms. The largest absolute Gasteiger partial charge is 0.492 e. The Morgan fingerprint density at radius 2 is 1.41 bits per heavy atom. The number of halogens is 5. The fourth-order valence-electron chi connectivity index (χ4n) is 4.14. The number of carbonyl (C=O) groups excluding carboxylic acids is 1. The van der Waals surface area contributed by atoms with E-state index in [1.54, 1.807) is 24.3 Å². The second kappa shape index (κ2) is 15.5. The topological polar surface area (TPSA) is 66.8 Å². The lowest BCUT2D eigenvalue weighted by molar-refractivity contribution is -0.171. The smallest absolute Gasteiger partial charge is 0.450 e. The lowest BCUT2D eigenvalue weighted by atomic mass is 9.91.